The Hall–Kier alpha value is -2.61. The number of nitrogens with zero attached hydrogens (tertiary/aromatic N) is 2. The molecule has 2 amide bonds. The predicted molar refractivity (Wildman–Crippen MR) is 112 cm³/mol. The summed E-state index contributed by atoms with van der Waals surface area (Å²) < 4.78 is 41.6. The van der Waals surface area contributed by atoms with Crippen LogP contribution in [0.5, 0.6) is 0 Å². The standard InChI is InChI=1S/C22H20BrF3N2O2/c1-15(29)27-10-12-28(13-11-27)20(30)9-8-16-4-3-7-19(22(24,25)26)21(16)17-5-2-6-18(23)14-17/h2-9,14H,10-13H2,1H3/b9-8+. The minimum atomic E-state index is -4.53. The molecule has 2 aromatic rings. The van der Waals surface area contributed by atoms with Gasteiger partial charge in [0.1, 0.15) is 0 Å². The largest absolute Gasteiger partial charge is 0.417 e. The van der Waals surface area contributed by atoms with Gasteiger partial charge in [0.05, 0.1) is 5.56 Å². The number of amides is 2. The Morgan fingerprint density at radius 3 is 2.23 bits per heavy atom. The first-order valence-electron chi connectivity index (χ1n) is 9.35. The van der Waals surface area contributed by atoms with Crippen molar-refractivity contribution in [3.8, 4) is 11.1 Å². The molecule has 1 aliphatic heterocycles. The van der Waals surface area contributed by atoms with Gasteiger partial charge < -0.3 is 9.80 Å². The molecule has 1 fully saturated rings. The van der Waals surface area contributed by atoms with Crippen molar-refractivity contribution in [1.82, 2.24) is 9.80 Å². The molecule has 2 aromatic carbocycles. The van der Waals surface area contributed by atoms with E-state index in [9.17, 15) is 22.8 Å². The van der Waals surface area contributed by atoms with Gasteiger partial charge in [-0.2, -0.15) is 13.2 Å². The van der Waals surface area contributed by atoms with E-state index in [4.69, 9.17) is 0 Å². The minimum Gasteiger partial charge on any atom is -0.339 e. The van der Waals surface area contributed by atoms with Crippen LogP contribution in [0.15, 0.2) is 53.0 Å². The number of hydrogen-bond donors (Lipinski definition) is 0. The van der Waals surface area contributed by atoms with Gasteiger partial charge in [0.15, 0.2) is 0 Å². The Kier molecular flexibility index (Phi) is 6.65. The zero-order valence-electron chi connectivity index (χ0n) is 16.2. The van der Waals surface area contributed by atoms with Crippen molar-refractivity contribution < 1.29 is 22.8 Å². The lowest BCUT2D eigenvalue weighted by Gasteiger charge is -2.33. The van der Waals surface area contributed by atoms with E-state index in [0.717, 1.165) is 6.07 Å². The summed E-state index contributed by atoms with van der Waals surface area (Å²) in [6.07, 6.45) is -1.82. The normalized spacial score (nSPS) is 15.0. The average Bonchev–Trinajstić information content (AvgIpc) is 2.71. The van der Waals surface area contributed by atoms with Crippen LogP contribution in [0.1, 0.15) is 18.1 Å². The van der Waals surface area contributed by atoms with Crippen molar-refractivity contribution in [2.45, 2.75) is 13.1 Å². The summed E-state index contributed by atoms with van der Waals surface area (Å²) >= 11 is 3.30. The molecule has 0 aromatic heterocycles. The van der Waals surface area contributed by atoms with E-state index in [-0.39, 0.29) is 17.4 Å². The maximum atomic E-state index is 13.7. The van der Waals surface area contributed by atoms with Crippen LogP contribution in [-0.2, 0) is 15.8 Å². The number of carbonyl (C=O) groups is 2. The van der Waals surface area contributed by atoms with E-state index in [1.807, 2.05) is 0 Å². The maximum Gasteiger partial charge on any atom is 0.417 e. The third-order valence-corrected chi connectivity index (χ3v) is 5.45. The van der Waals surface area contributed by atoms with Gasteiger partial charge in [-0.25, -0.2) is 0 Å². The number of hydrogen-bond acceptors (Lipinski definition) is 2. The van der Waals surface area contributed by atoms with Gasteiger partial charge in [-0.15, -0.1) is 0 Å². The highest BCUT2D eigenvalue weighted by molar-refractivity contribution is 9.10. The van der Waals surface area contributed by atoms with Crippen LogP contribution in [-0.4, -0.2) is 47.8 Å². The molecule has 158 valence electrons. The Labute approximate surface area is 181 Å². The van der Waals surface area contributed by atoms with Crippen molar-refractivity contribution >= 4 is 33.8 Å². The average molecular weight is 481 g/mol. The zero-order valence-corrected chi connectivity index (χ0v) is 17.8. The minimum absolute atomic E-state index is 0.0248. The highest BCUT2D eigenvalue weighted by Gasteiger charge is 2.34. The topological polar surface area (TPSA) is 40.6 Å². The first kappa shape index (κ1) is 22.1. The molecule has 0 saturated carbocycles. The SMILES string of the molecule is CC(=O)N1CCN(C(=O)/C=C/c2cccc(C(F)(F)F)c2-c2cccc(Br)c2)CC1. The van der Waals surface area contributed by atoms with E-state index in [2.05, 4.69) is 15.9 Å². The van der Waals surface area contributed by atoms with Crippen molar-refractivity contribution in [3.63, 3.8) is 0 Å². The molecule has 0 unspecified atom stereocenters. The summed E-state index contributed by atoms with van der Waals surface area (Å²) in [4.78, 5) is 27.2. The van der Waals surface area contributed by atoms with Crippen LogP contribution in [0.25, 0.3) is 17.2 Å². The van der Waals surface area contributed by atoms with Crippen LogP contribution in [0.4, 0.5) is 13.2 Å². The highest BCUT2D eigenvalue weighted by atomic mass is 79.9. The molecule has 0 N–H and O–H groups in total. The van der Waals surface area contributed by atoms with Gasteiger partial charge in [-0.3, -0.25) is 9.59 Å². The molecule has 0 atom stereocenters. The van der Waals surface area contributed by atoms with E-state index in [1.54, 1.807) is 40.1 Å². The van der Waals surface area contributed by atoms with Crippen molar-refractivity contribution in [3.05, 3.63) is 64.1 Å². The quantitative estimate of drug-likeness (QED) is 0.589. The molecule has 30 heavy (non-hydrogen) atoms. The van der Waals surface area contributed by atoms with Crippen molar-refractivity contribution in [2.24, 2.45) is 0 Å². The number of benzene rings is 2. The Balaban J connectivity index is 1.91. The molecule has 1 heterocycles. The second kappa shape index (κ2) is 9.04. The third-order valence-electron chi connectivity index (χ3n) is 4.96. The molecule has 0 radical (unpaired) electrons. The van der Waals surface area contributed by atoms with Gasteiger partial charge in [-0.05, 0) is 35.4 Å². The van der Waals surface area contributed by atoms with Gasteiger partial charge >= 0.3 is 6.18 Å². The summed E-state index contributed by atoms with van der Waals surface area (Å²) in [5.74, 6) is -0.337. The first-order chi connectivity index (χ1) is 14.2. The molecular weight excluding hydrogens is 461 g/mol. The highest BCUT2D eigenvalue weighted by Crippen LogP contribution is 2.40. The fourth-order valence-electron chi connectivity index (χ4n) is 3.42. The number of halogens is 4. The monoisotopic (exact) mass is 480 g/mol. The molecule has 0 spiro atoms. The van der Waals surface area contributed by atoms with Gasteiger partial charge in [0.2, 0.25) is 11.8 Å². The lowest BCUT2D eigenvalue weighted by atomic mass is 9.93. The molecule has 1 saturated heterocycles. The summed E-state index contributed by atoms with van der Waals surface area (Å²) in [6, 6.07) is 10.6. The van der Waals surface area contributed by atoms with Crippen LogP contribution in [0.2, 0.25) is 0 Å². The Bertz CT molecular complexity index is 981. The Morgan fingerprint density at radius 2 is 1.63 bits per heavy atom. The molecule has 8 heteroatoms. The molecule has 1 aliphatic rings. The zero-order chi connectivity index (χ0) is 21.9. The number of alkyl halides is 3. The first-order valence-corrected chi connectivity index (χ1v) is 10.1. The lowest BCUT2D eigenvalue weighted by molar-refractivity contribution is -0.137. The smallest absolute Gasteiger partial charge is 0.339 e. The van der Waals surface area contributed by atoms with E-state index < -0.39 is 11.7 Å². The molecule has 3 rings (SSSR count). The van der Waals surface area contributed by atoms with Crippen LogP contribution < -0.4 is 0 Å². The van der Waals surface area contributed by atoms with Crippen LogP contribution in [0.3, 0.4) is 0 Å². The van der Waals surface area contributed by atoms with Crippen molar-refractivity contribution in [2.75, 3.05) is 26.2 Å². The fourth-order valence-corrected chi connectivity index (χ4v) is 3.82. The van der Waals surface area contributed by atoms with Gasteiger partial charge in [0.25, 0.3) is 0 Å². The van der Waals surface area contributed by atoms with E-state index in [1.165, 1.54) is 25.1 Å². The van der Waals surface area contributed by atoms with Crippen LogP contribution >= 0.6 is 15.9 Å². The van der Waals surface area contributed by atoms with Gasteiger partial charge in [-0.1, -0.05) is 40.2 Å². The Morgan fingerprint density at radius 1 is 1.00 bits per heavy atom. The second-order valence-electron chi connectivity index (χ2n) is 6.94. The van der Waals surface area contributed by atoms with Crippen molar-refractivity contribution in [1.29, 1.82) is 0 Å². The summed E-state index contributed by atoms with van der Waals surface area (Å²) in [5.41, 5.74) is -0.0276. The molecule has 0 aliphatic carbocycles. The second-order valence-corrected chi connectivity index (χ2v) is 7.86. The van der Waals surface area contributed by atoms with Crippen LogP contribution in [0, 0.1) is 0 Å². The summed E-state index contributed by atoms with van der Waals surface area (Å²) in [7, 11) is 0. The third kappa shape index (κ3) is 5.11. The predicted octanol–water partition coefficient (Wildman–Crippen LogP) is 4.84. The molecular formula is C22H20BrF3N2O2. The number of rotatable bonds is 3. The molecule has 4 nitrogen and oxygen atoms in total. The lowest BCUT2D eigenvalue weighted by Crippen LogP contribution is -2.49. The fraction of sp³-hybridized carbons (Fsp3) is 0.273. The van der Waals surface area contributed by atoms with E-state index >= 15 is 0 Å². The number of piperazine rings is 1. The van der Waals surface area contributed by atoms with E-state index in [0.29, 0.717) is 41.8 Å². The number of carbonyl (C=O) groups excluding carboxylic acids is 2. The van der Waals surface area contributed by atoms with Gasteiger partial charge in [0, 0.05) is 49.2 Å². The summed E-state index contributed by atoms with van der Waals surface area (Å²) in [5, 5.41) is 0. The maximum absolute atomic E-state index is 13.7. The molecule has 0 bridgehead atoms. The summed E-state index contributed by atoms with van der Waals surface area (Å²) in [6.45, 7) is 3.16.